The zero-order valence-electron chi connectivity index (χ0n) is 12.5. The molecule has 0 aliphatic heterocycles. The molecule has 108 valence electrons. The van der Waals surface area contributed by atoms with Crippen LogP contribution >= 0.6 is 0 Å². The van der Waals surface area contributed by atoms with Crippen molar-refractivity contribution in [2.75, 3.05) is 33.9 Å². The summed E-state index contributed by atoms with van der Waals surface area (Å²) < 4.78 is 11.0. The molecule has 0 amide bonds. The minimum atomic E-state index is 0.0319. The standard InChI is InChI=1S/C15H26N2O2/c1-5-15(2,12-16)17(3)10-11-19-14-9-7-6-8-13(14)18-4/h6-9H,5,10-12,16H2,1-4H3. The van der Waals surface area contributed by atoms with Gasteiger partial charge >= 0.3 is 0 Å². The van der Waals surface area contributed by atoms with Crippen molar-refractivity contribution in [3.63, 3.8) is 0 Å². The fourth-order valence-electron chi connectivity index (χ4n) is 1.87. The molecule has 4 nitrogen and oxygen atoms in total. The minimum absolute atomic E-state index is 0.0319. The zero-order valence-corrected chi connectivity index (χ0v) is 12.5. The van der Waals surface area contributed by atoms with Crippen LogP contribution in [0.15, 0.2) is 24.3 Å². The molecule has 1 aromatic carbocycles. The van der Waals surface area contributed by atoms with E-state index in [-0.39, 0.29) is 5.54 Å². The van der Waals surface area contributed by atoms with Crippen LogP contribution in [-0.4, -0.2) is 44.3 Å². The SMILES string of the molecule is CCC(C)(CN)N(C)CCOc1ccccc1OC. The van der Waals surface area contributed by atoms with Gasteiger partial charge in [-0.1, -0.05) is 19.1 Å². The summed E-state index contributed by atoms with van der Waals surface area (Å²) in [5.41, 5.74) is 5.88. The first kappa shape index (κ1) is 15.8. The molecule has 1 unspecified atom stereocenters. The highest BCUT2D eigenvalue weighted by molar-refractivity contribution is 5.39. The first-order valence-electron chi connectivity index (χ1n) is 6.74. The maximum atomic E-state index is 5.84. The zero-order chi connectivity index (χ0) is 14.3. The lowest BCUT2D eigenvalue weighted by atomic mass is 9.97. The molecule has 0 aromatic heterocycles. The van der Waals surface area contributed by atoms with Crippen molar-refractivity contribution in [1.29, 1.82) is 0 Å². The Morgan fingerprint density at radius 3 is 2.42 bits per heavy atom. The Hall–Kier alpha value is -1.26. The predicted octanol–water partition coefficient (Wildman–Crippen LogP) is 2.13. The van der Waals surface area contributed by atoms with E-state index in [2.05, 4.69) is 25.8 Å². The fourth-order valence-corrected chi connectivity index (χ4v) is 1.87. The van der Waals surface area contributed by atoms with Gasteiger partial charge in [0.05, 0.1) is 7.11 Å². The molecule has 0 heterocycles. The summed E-state index contributed by atoms with van der Waals surface area (Å²) in [4.78, 5) is 2.25. The van der Waals surface area contributed by atoms with E-state index in [1.165, 1.54) is 0 Å². The summed E-state index contributed by atoms with van der Waals surface area (Å²) in [7, 11) is 3.73. The number of nitrogens with zero attached hydrogens (tertiary/aromatic N) is 1. The Morgan fingerprint density at radius 2 is 1.89 bits per heavy atom. The van der Waals surface area contributed by atoms with E-state index in [1.807, 2.05) is 24.3 Å². The summed E-state index contributed by atoms with van der Waals surface area (Å²) in [6, 6.07) is 7.69. The maximum absolute atomic E-state index is 5.84. The van der Waals surface area contributed by atoms with Crippen molar-refractivity contribution in [3.8, 4) is 11.5 Å². The lowest BCUT2D eigenvalue weighted by Crippen LogP contribution is -2.50. The van der Waals surface area contributed by atoms with Crippen molar-refractivity contribution in [2.45, 2.75) is 25.8 Å². The minimum Gasteiger partial charge on any atom is -0.493 e. The number of ether oxygens (including phenoxy) is 2. The van der Waals surface area contributed by atoms with Crippen LogP contribution in [0.1, 0.15) is 20.3 Å². The Kier molecular flexibility index (Phi) is 6.12. The number of hydrogen-bond donors (Lipinski definition) is 1. The number of likely N-dealkylation sites (N-methyl/N-ethyl adjacent to an activating group) is 1. The van der Waals surface area contributed by atoms with Gasteiger partial charge in [0.25, 0.3) is 0 Å². The Labute approximate surface area is 116 Å². The molecule has 0 radical (unpaired) electrons. The summed E-state index contributed by atoms with van der Waals surface area (Å²) in [6.45, 7) is 6.43. The van der Waals surface area contributed by atoms with Gasteiger partial charge in [0.1, 0.15) is 6.61 Å². The van der Waals surface area contributed by atoms with Crippen LogP contribution in [0.2, 0.25) is 0 Å². The third-order valence-electron chi connectivity index (χ3n) is 3.88. The van der Waals surface area contributed by atoms with Gasteiger partial charge in [0, 0.05) is 18.6 Å². The Morgan fingerprint density at radius 1 is 1.26 bits per heavy atom. The van der Waals surface area contributed by atoms with Gasteiger partial charge in [-0.3, -0.25) is 4.90 Å². The molecule has 0 saturated heterocycles. The van der Waals surface area contributed by atoms with Gasteiger partial charge in [-0.2, -0.15) is 0 Å². The van der Waals surface area contributed by atoms with Crippen LogP contribution < -0.4 is 15.2 Å². The fraction of sp³-hybridized carbons (Fsp3) is 0.600. The summed E-state index contributed by atoms with van der Waals surface area (Å²) in [6.07, 6.45) is 1.02. The van der Waals surface area contributed by atoms with Crippen LogP contribution in [0.5, 0.6) is 11.5 Å². The second-order valence-corrected chi connectivity index (χ2v) is 4.98. The van der Waals surface area contributed by atoms with Crippen molar-refractivity contribution in [3.05, 3.63) is 24.3 Å². The summed E-state index contributed by atoms with van der Waals surface area (Å²) in [5, 5.41) is 0. The van der Waals surface area contributed by atoms with Gasteiger partial charge in [0.15, 0.2) is 11.5 Å². The first-order chi connectivity index (χ1) is 9.07. The lowest BCUT2D eigenvalue weighted by Gasteiger charge is -2.37. The molecule has 1 aromatic rings. The number of methoxy groups -OCH3 is 1. The van der Waals surface area contributed by atoms with Gasteiger partial charge in [-0.25, -0.2) is 0 Å². The normalized spacial score (nSPS) is 14.2. The van der Waals surface area contributed by atoms with E-state index < -0.39 is 0 Å². The van der Waals surface area contributed by atoms with E-state index in [4.69, 9.17) is 15.2 Å². The number of para-hydroxylation sites is 2. The molecule has 2 N–H and O–H groups in total. The van der Waals surface area contributed by atoms with E-state index in [9.17, 15) is 0 Å². The topological polar surface area (TPSA) is 47.7 Å². The molecule has 0 aliphatic rings. The summed E-state index contributed by atoms with van der Waals surface area (Å²) >= 11 is 0. The third kappa shape index (κ3) is 4.11. The number of rotatable bonds is 8. The highest BCUT2D eigenvalue weighted by Crippen LogP contribution is 2.25. The lowest BCUT2D eigenvalue weighted by molar-refractivity contribution is 0.116. The molecule has 19 heavy (non-hydrogen) atoms. The average molecular weight is 266 g/mol. The third-order valence-corrected chi connectivity index (χ3v) is 3.88. The molecular formula is C15H26N2O2. The highest BCUT2D eigenvalue weighted by atomic mass is 16.5. The second-order valence-electron chi connectivity index (χ2n) is 4.98. The van der Waals surface area contributed by atoms with E-state index in [0.717, 1.165) is 24.5 Å². The van der Waals surface area contributed by atoms with E-state index in [0.29, 0.717) is 13.2 Å². The molecule has 0 spiro atoms. The van der Waals surface area contributed by atoms with Gasteiger partial charge < -0.3 is 15.2 Å². The monoisotopic (exact) mass is 266 g/mol. The highest BCUT2D eigenvalue weighted by Gasteiger charge is 2.25. The van der Waals surface area contributed by atoms with Gasteiger partial charge in [0.2, 0.25) is 0 Å². The van der Waals surface area contributed by atoms with E-state index in [1.54, 1.807) is 7.11 Å². The smallest absolute Gasteiger partial charge is 0.161 e. The first-order valence-corrected chi connectivity index (χ1v) is 6.74. The van der Waals surface area contributed by atoms with Crippen LogP contribution in [0.4, 0.5) is 0 Å². The number of nitrogens with two attached hydrogens (primary N) is 1. The molecule has 4 heteroatoms. The van der Waals surface area contributed by atoms with Crippen LogP contribution in [0.3, 0.4) is 0 Å². The second kappa shape index (κ2) is 7.36. The molecule has 0 fully saturated rings. The molecule has 1 rings (SSSR count). The largest absolute Gasteiger partial charge is 0.493 e. The van der Waals surface area contributed by atoms with Crippen LogP contribution in [-0.2, 0) is 0 Å². The number of hydrogen-bond acceptors (Lipinski definition) is 4. The quantitative estimate of drug-likeness (QED) is 0.783. The maximum Gasteiger partial charge on any atom is 0.161 e. The number of benzene rings is 1. The Balaban J connectivity index is 2.50. The van der Waals surface area contributed by atoms with Crippen molar-refractivity contribution < 1.29 is 9.47 Å². The Bertz CT molecular complexity index is 378. The molecule has 0 aliphatic carbocycles. The van der Waals surface area contributed by atoms with Crippen LogP contribution in [0, 0.1) is 0 Å². The summed E-state index contributed by atoms with van der Waals surface area (Å²) in [5.74, 6) is 1.55. The van der Waals surface area contributed by atoms with E-state index >= 15 is 0 Å². The van der Waals surface area contributed by atoms with Crippen molar-refractivity contribution in [2.24, 2.45) is 5.73 Å². The van der Waals surface area contributed by atoms with Gasteiger partial charge in [-0.05, 0) is 32.5 Å². The molecule has 0 bridgehead atoms. The molecule has 0 saturated carbocycles. The van der Waals surface area contributed by atoms with Crippen molar-refractivity contribution in [1.82, 2.24) is 4.90 Å². The molecular weight excluding hydrogens is 240 g/mol. The van der Waals surface area contributed by atoms with Crippen molar-refractivity contribution >= 4 is 0 Å². The molecule has 1 atom stereocenters. The average Bonchev–Trinajstić information content (AvgIpc) is 2.46. The van der Waals surface area contributed by atoms with Crippen LogP contribution in [0.25, 0.3) is 0 Å². The predicted molar refractivity (Wildman–Crippen MR) is 78.9 cm³/mol. The van der Waals surface area contributed by atoms with Gasteiger partial charge in [-0.15, -0.1) is 0 Å².